The van der Waals surface area contributed by atoms with Gasteiger partial charge in [-0.3, -0.25) is 4.98 Å². The maximum atomic E-state index is 9.60. The molecule has 1 aliphatic carbocycles. The zero-order valence-corrected chi connectivity index (χ0v) is 20.4. The predicted molar refractivity (Wildman–Crippen MR) is 136 cm³/mol. The highest BCUT2D eigenvalue weighted by Crippen LogP contribution is 2.59. The van der Waals surface area contributed by atoms with E-state index in [1.807, 2.05) is 44.3 Å². The highest BCUT2D eigenvalue weighted by molar-refractivity contribution is 7.99. The summed E-state index contributed by atoms with van der Waals surface area (Å²) >= 11 is 1.78. The summed E-state index contributed by atoms with van der Waals surface area (Å²) < 4.78 is 2.10. The molecule has 2 aliphatic rings. The molecule has 0 amide bonds. The number of phenolic OH excluding ortho intramolecular Hbond substituents is 1. The van der Waals surface area contributed by atoms with Crippen LogP contribution in [0.1, 0.15) is 24.1 Å². The first-order valence-corrected chi connectivity index (χ1v) is 12.9. The van der Waals surface area contributed by atoms with Crippen molar-refractivity contribution in [1.29, 1.82) is 0 Å². The molecule has 1 N–H and O–H groups in total. The fraction of sp³-hybridized carbons (Fsp3) is 0.370. The van der Waals surface area contributed by atoms with Gasteiger partial charge in [-0.25, -0.2) is 0 Å². The van der Waals surface area contributed by atoms with E-state index in [2.05, 4.69) is 48.9 Å². The van der Waals surface area contributed by atoms with Crippen LogP contribution in [0.5, 0.6) is 5.75 Å². The number of benzene rings is 2. The molecule has 1 saturated carbocycles. The van der Waals surface area contributed by atoms with Crippen molar-refractivity contribution < 1.29 is 5.11 Å². The lowest BCUT2D eigenvalue weighted by atomic mass is 9.95. The zero-order chi connectivity index (χ0) is 23.3. The molecule has 7 heteroatoms. The van der Waals surface area contributed by atoms with E-state index in [9.17, 15) is 5.11 Å². The number of aromatic nitrogens is 4. The van der Waals surface area contributed by atoms with Crippen molar-refractivity contribution in [3.63, 3.8) is 0 Å². The first-order valence-electron chi connectivity index (χ1n) is 11.9. The Morgan fingerprint density at radius 2 is 1.94 bits per heavy atom. The first kappa shape index (κ1) is 21.6. The number of aromatic hydroxyl groups is 1. The minimum Gasteiger partial charge on any atom is -0.508 e. The second-order valence-corrected chi connectivity index (χ2v) is 10.8. The van der Waals surface area contributed by atoms with Crippen LogP contribution in [0.25, 0.3) is 22.3 Å². The summed E-state index contributed by atoms with van der Waals surface area (Å²) in [4.78, 5) is 7.26. The molecule has 0 spiro atoms. The number of aryl methyl sites for hydroxylation is 1. The summed E-state index contributed by atoms with van der Waals surface area (Å²) in [6.45, 7) is 5.45. The molecule has 0 bridgehead atoms. The Bertz CT molecular complexity index is 1350. The Labute approximate surface area is 204 Å². The Morgan fingerprint density at radius 3 is 2.79 bits per heavy atom. The molecule has 1 aliphatic heterocycles. The first-order chi connectivity index (χ1) is 16.5. The number of hydrogen-bond donors (Lipinski definition) is 1. The van der Waals surface area contributed by atoms with Gasteiger partial charge in [0.15, 0.2) is 11.0 Å². The van der Waals surface area contributed by atoms with Crippen LogP contribution in [0.3, 0.4) is 0 Å². The van der Waals surface area contributed by atoms with Crippen molar-refractivity contribution in [3.05, 3.63) is 65.9 Å². The van der Waals surface area contributed by atoms with Crippen molar-refractivity contribution in [2.24, 2.45) is 13.0 Å². The van der Waals surface area contributed by atoms with E-state index in [0.717, 1.165) is 64.3 Å². The van der Waals surface area contributed by atoms with Gasteiger partial charge >= 0.3 is 0 Å². The molecule has 6 nitrogen and oxygen atoms in total. The number of phenols is 1. The molecule has 34 heavy (non-hydrogen) atoms. The van der Waals surface area contributed by atoms with Crippen LogP contribution in [-0.4, -0.2) is 55.1 Å². The summed E-state index contributed by atoms with van der Waals surface area (Å²) in [6.07, 6.45) is 2.41. The minimum absolute atomic E-state index is 0.325. The lowest BCUT2D eigenvalue weighted by Gasteiger charge is -2.21. The topological polar surface area (TPSA) is 67.1 Å². The molecule has 2 aromatic heterocycles. The fourth-order valence-electron chi connectivity index (χ4n) is 5.58. The quantitative estimate of drug-likeness (QED) is 0.309. The van der Waals surface area contributed by atoms with Crippen LogP contribution in [0, 0.1) is 12.8 Å². The number of pyridine rings is 1. The average Bonchev–Trinajstić information content (AvgIpc) is 3.21. The van der Waals surface area contributed by atoms with Crippen molar-refractivity contribution in [1.82, 2.24) is 24.6 Å². The molecular formula is C27H29N5OS. The molecule has 2 atom stereocenters. The second kappa shape index (κ2) is 8.40. The molecular weight excluding hydrogens is 442 g/mol. The molecule has 0 radical (unpaired) electrons. The Hall–Kier alpha value is -2.90. The molecule has 3 heterocycles. The number of piperidine rings is 1. The lowest BCUT2D eigenvalue weighted by molar-refractivity contribution is 0.299. The van der Waals surface area contributed by atoms with Crippen LogP contribution in [0.4, 0.5) is 0 Å². The number of rotatable bonds is 7. The molecule has 1 saturated heterocycles. The minimum atomic E-state index is 0.325. The predicted octanol–water partition coefficient (Wildman–Crippen LogP) is 4.80. The van der Waals surface area contributed by atoms with Crippen molar-refractivity contribution >= 4 is 22.7 Å². The number of thioether (sulfide) groups is 1. The lowest BCUT2D eigenvalue weighted by Crippen LogP contribution is -2.27. The van der Waals surface area contributed by atoms with E-state index in [1.54, 1.807) is 11.8 Å². The Morgan fingerprint density at radius 1 is 1.09 bits per heavy atom. The summed E-state index contributed by atoms with van der Waals surface area (Å²) in [7, 11) is 2.05. The van der Waals surface area contributed by atoms with Gasteiger partial charge < -0.3 is 14.6 Å². The third-order valence-corrected chi connectivity index (χ3v) is 8.56. The molecule has 4 aromatic rings. The summed E-state index contributed by atoms with van der Waals surface area (Å²) in [5.41, 5.74) is 4.79. The number of fused-ring (bicyclic) bond motifs is 2. The zero-order valence-electron chi connectivity index (χ0n) is 19.6. The summed E-state index contributed by atoms with van der Waals surface area (Å²) in [5, 5.41) is 20.7. The average molecular weight is 472 g/mol. The van der Waals surface area contributed by atoms with Crippen molar-refractivity contribution in [3.8, 4) is 17.1 Å². The largest absolute Gasteiger partial charge is 0.508 e. The monoisotopic (exact) mass is 471 g/mol. The van der Waals surface area contributed by atoms with E-state index in [0.29, 0.717) is 11.2 Å². The van der Waals surface area contributed by atoms with Crippen LogP contribution in [0.2, 0.25) is 0 Å². The van der Waals surface area contributed by atoms with Crippen LogP contribution in [-0.2, 0) is 12.5 Å². The van der Waals surface area contributed by atoms with Gasteiger partial charge in [0.25, 0.3) is 0 Å². The maximum Gasteiger partial charge on any atom is 0.191 e. The Balaban J connectivity index is 1.06. The highest BCUT2D eigenvalue weighted by Gasteiger charge is 2.60. The number of nitrogens with zero attached hydrogens (tertiary/aromatic N) is 5. The standard InChI is InChI=1S/C27H29N5OS/c1-18-7-12-22-23(5-3-6-24(22)28-18)25-29-30-26(31(25)2)34-14-4-13-32-16-20-15-27(20,17-32)19-8-10-21(33)11-9-19/h3,5-12,20,33H,4,13-17H2,1-2H3/t20?,27-/m1/s1. The third-order valence-electron chi connectivity index (χ3n) is 7.46. The van der Waals surface area contributed by atoms with Gasteiger partial charge in [0.2, 0.25) is 0 Å². The van der Waals surface area contributed by atoms with Crippen molar-refractivity contribution in [2.45, 2.75) is 30.3 Å². The molecule has 2 fully saturated rings. The molecule has 2 aromatic carbocycles. The van der Waals surface area contributed by atoms with E-state index in [4.69, 9.17) is 0 Å². The van der Waals surface area contributed by atoms with Crippen LogP contribution < -0.4 is 0 Å². The molecule has 6 rings (SSSR count). The summed E-state index contributed by atoms with van der Waals surface area (Å²) in [5.74, 6) is 3.03. The van der Waals surface area contributed by atoms with E-state index < -0.39 is 0 Å². The normalized spacial score (nSPS) is 21.8. The van der Waals surface area contributed by atoms with Gasteiger partial charge in [0, 0.05) is 47.9 Å². The smallest absolute Gasteiger partial charge is 0.191 e. The Kier molecular flexibility index (Phi) is 5.34. The van der Waals surface area contributed by atoms with Gasteiger partial charge in [0.05, 0.1) is 5.52 Å². The number of hydrogen-bond acceptors (Lipinski definition) is 6. The van der Waals surface area contributed by atoms with Gasteiger partial charge in [-0.05, 0) is 62.1 Å². The second-order valence-electron chi connectivity index (χ2n) is 9.73. The number of likely N-dealkylation sites (tertiary alicyclic amines) is 1. The fourth-order valence-corrected chi connectivity index (χ4v) is 6.41. The summed E-state index contributed by atoms with van der Waals surface area (Å²) in [6, 6.07) is 18.2. The third kappa shape index (κ3) is 3.77. The van der Waals surface area contributed by atoms with Crippen LogP contribution >= 0.6 is 11.8 Å². The van der Waals surface area contributed by atoms with Crippen molar-refractivity contribution in [2.75, 3.05) is 25.4 Å². The van der Waals surface area contributed by atoms with Gasteiger partial charge in [-0.1, -0.05) is 42.1 Å². The van der Waals surface area contributed by atoms with E-state index >= 15 is 0 Å². The van der Waals surface area contributed by atoms with Gasteiger partial charge in [0.1, 0.15) is 5.75 Å². The van der Waals surface area contributed by atoms with Gasteiger partial charge in [-0.15, -0.1) is 10.2 Å². The molecule has 1 unspecified atom stereocenters. The SMILES string of the molecule is Cc1ccc2c(-c3nnc(SCCCN4CC5C[C@]5(c5ccc(O)cc5)C4)n3C)cccc2n1. The highest BCUT2D eigenvalue weighted by atomic mass is 32.2. The maximum absolute atomic E-state index is 9.60. The van der Waals surface area contributed by atoms with E-state index in [1.165, 1.54) is 18.5 Å². The molecule has 174 valence electrons. The van der Waals surface area contributed by atoms with E-state index in [-0.39, 0.29) is 0 Å². The van der Waals surface area contributed by atoms with Crippen LogP contribution in [0.15, 0.2) is 59.8 Å². The van der Waals surface area contributed by atoms with Gasteiger partial charge in [-0.2, -0.15) is 0 Å².